The van der Waals surface area contributed by atoms with Crippen LogP contribution >= 0.6 is 23.1 Å². The van der Waals surface area contributed by atoms with Crippen LogP contribution in [0.4, 0.5) is 9.80 Å². The minimum atomic E-state index is -0.597. The maximum Gasteiger partial charge on any atom is 0.341 e. The van der Waals surface area contributed by atoms with Crippen molar-refractivity contribution in [2.45, 2.75) is 32.6 Å². The number of ether oxygens (including phenoxy) is 4. The number of imide groups is 1. The van der Waals surface area contributed by atoms with Crippen LogP contribution in [0, 0.1) is 0 Å². The van der Waals surface area contributed by atoms with Gasteiger partial charge in [-0.2, -0.15) is 0 Å². The topological polar surface area (TPSA) is 120 Å². The molecule has 0 unspecified atom stereocenters. The Morgan fingerprint density at radius 1 is 1.05 bits per heavy atom. The smallest absolute Gasteiger partial charge is 0.341 e. The van der Waals surface area contributed by atoms with Crippen LogP contribution in [-0.2, 0) is 27.2 Å². The van der Waals surface area contributed by atoms with Crippen molar-refractivity contribution in [3.63, 3.8) is 0 Å². The summed E-state index contributed by atoms with van der Waals surface area (Å²) in [5.41, 5.74) is 1.84. The molecule has 3 amide bonds. The van der Waals surface area contributed by atoms with Gasteiger partial charge < -0.3 is 24.3 Å². The Hall–Kier alpha value is -3.51. The molecular formula is C26H28N2O8S2. The molecule has 0 bridgehead atoms. The van der Waals surface area contributed by atoms with Crippen LogP contribution in [0.5, 0.6) is 17.2 Å². The highest BCUT2D eigenvalue weighted by Crippen LogP contribution is 2.41. The molecule has 12 heteroatoms. The Morgan fingerprint density at radius 3 is 2.37 bits per heavy atom. The van der Waals surface area contributed by atoms with Crippen molar-refractivity contribution in [2.24, 2.45) is 0 Å². The highest BCUT2D eigenvalue weighted by atomic mass is 32.2. The molecule has 1 aliphatic heterocycles. The number of benzene rings is 1. The predicted octanol–water partition coefficient (Wildman–Crippen LogP) is 4.50. The SMILES string of the molecule is CCOC(=O)c1c(NC(=O)CN2C(=O)S/C(=C/c3cc(OC)c(OC)c(OC)c3)C2=O)sc2c1CCCC2. The van der Waals surface area contributed by atoms with Crippen LogP contribution in [0.3, 0.4) is 0 Å². The van der Waals surface area contributed by atoms with E-state index in [1.807, 2.05) is 0 Å². The van der Waals surface area contributed by atoms with Crippen LogP contribution < -0.4 is 19.5 Å². The molecule has 38 heavy (non-hydrogen) atoms. The monoisotopic (exact) mass is 560 g/mol. The summed E-state index contributed by atoms with van der Waals surface area (Å²) >= 11 is 2.08. The quantitative estimate of drug-likeness (QED) is 0.349. The van der Waals surface area contributed by atoms with Gasteiger partial charge in [0.15, 0.2) is 11.5 Å². The highest BCUT2D eigenvalue weighted by Gasteiger charge is 2.37. The summed E-state index contributed by atoms with van der Waals surface area (Å²) in [6.07, 6.45) is 5.07. The number of anilines is 1. The molecule has 4 rings (SSSR count). The summed E-state index contributed by atoms with van der Waals surface area (Å²) in [6, 6.07) is 3.30. The van der Waals surface area contributed by atoms with Gasteiger partial charge in [0.1, 0.15) is 11.5 Å². The normalized spacial score (nSPS) is 15.9. The molecule has 0 radical (unpaired) electrons. The van der Waals surface area contributed by atoms with E-state index in [1.54, 1.807) is 19.1 Å². The average Bonchev–Trinajstić information content (AvgIpc) is 3.39. The largest absolute Gasteiger partial charge is 0.493 e. The maximum atomic E-state index is 13.0. The van der Waals surface area contributed by atoms with Crippen molar-refractivity contribution in [1.82, 2.24) is 4.90 Å². The van der Waals surface area contributed by atoms with Crippen molar-refractivity contribution in [3.8, 4) is 17.2 Å². The van der Waals surface area contributed by atoms with E-state index in [4.69, 9.17) is 18.9 Å². The zero-order valence-electron chi connectivity index (χ0n) is 21.5. The van der Waals surface area contributed by atoms with Gasteiger partial charge in [-0.15, -0.1) is 11.3 Å². The van der Waals surface area contributed by atoms with Crippen LogP contribution in [-0.4, -0.2) is 62.4 Å². The first-order valence-corrected chi connectivity index (χ1v) is 13.6. The number of esters is 1. The van der Waals surface area contributed by atoms with E-state index in [9.17, 15) is 19.2 Å². The number of hydrogen-bond acceptors (Lipinski definition) is 10. The van der Waals surface area contributed by atoms with E-state index in [1.165, 1.54) is 38.7 Å². The van der Waals surface area contributed by atoms with Crippen molar-refractivity contribution >= 4 is 57.2 Å². The van der Waals surface area contributed by atoms with E-state index < -0.39 is 29.6 Å². The molecule has 1 fully saturated rings. The molecule has 1 aromatic carbocycles. The second-order valence-corrected chi connectivity index (χ2v) is 10.5. The maximum absolute atomic E-state index is 13.0. The summed E-state index contributed by atoms with van der Waals surface area (Å²) in [5, 5.41) is 2.56. The summed E-state index contributed by atoms with van der Waals surface area (Å²) in [4.78, 5) is 53.3. The van der Waals surface area contributed by atoms with E-state index in [-0.39, 0.29) is 11.5 Å². The van der Waals surface area contributed by atoms with Crippen molar-refractivity contribution in [3.05, 3.63) is 38.6 Å². The van der Waals surface area contributed by atoms with E-state index in [2.05, 4.69) is 5.32 Å². The fourth-order valence-electron chi connectivity index (χ4n) is 4.36. The minimum absolute atomic E-state index is 0.149. The van der Waals surface area contributed by atoms with Gasteiger partial charge in [-0.1, -0.05) is 0 Å². The first kappa shape index (κ1) is 27.5. The van der Waals surface area contributed by atoms with Gasteiger partial charge in [0, 0.05) is 4.88 Å². The first-order chi connectivity index (χ1) is 18.3. The lowest BCUT2D eigenvalue weighted by molar-refractivity contribution is -0.127. The Balaban J connectivity index is 1.52. The van der Waals surface area contributed by atoms with Gasteiger partial charge in [0.05, 0.1) is 38.4 Å². The van der Waals surface area contributed by atoms with Crippen LogP contribution in [0.1, 0.15) is 46.1 Å². The first-order valence-electron chi connectivity index (χ1n) is 12.0. The third-order valence-corrected chi connectivity index (χ3v) is 8.18. The van der Waals surface area contributed by atoms with E-state index in [0.29, 0.717) is 33.4 Å². The number of hydrogen-bond donors (Lipinski definition) is 1. The van der Waals surface area contributed by atoms with Gasteiger partial charge in [-0.25, -0.2) is 4.79 Å². The van der Waals surface area contributed by atoms with E-state index in [0.717, 1.165) is 52.8 Å². The second kappa shape index (κ2) is 11.9. The number of nitrogens with zero attached hydrogens (tertiary/aromatic N) is 1. The summed E-state index contributed by atoms with van der Waals surface area (Å²) in [6.45, 7) is 1.45. The lowest BCUT2D eigenvalue weighted by Crippen LogP contribution is -2.36. The van der Waals surface area contributed by atoms with Gasteiger partial charge in [-0.05, 0) is 73.7 Å². The lowest BCUT2D eigenvalue weighted by Gasteiger charge is -2.14. The molecule has 2 aliphatic rings. The summed E-state index contributed by atoms with van der Waals surface area (Å²) in [5.74, 6) is -0.470. The Bertz CT molecular complexity index is 1290. The molecule has 2 aromatic rings. The van der Waals surface area contributed by atoms with Crippen molar-refractivity contribution in [1.29, 1.82) is 0 Å². The van der Waals surface area contributed by atoms with Crippen LogP contribution in [0.25, 0.3) is 6.08 Å². The number of amides is 3. The van der Waals surface area contributed by atoms with Gasteiger partial charge in [0.2, 0.25) is 11.7 Å². The highest BCUT2D eigenvalue weighted by molar-refractivity contribution is 8.18. The Morgan fingerprint density at radius 2 is 1.74 bits per heavy atom. The number of thiophene rings is 1. The standard InChI is InChI=1S/C26H28N2O8S2/c1-5-36-25(31)21-15-8-6-7-9-18(15)37-23(21)27-20(29)13-28-24(30)19(38-26(28)32)12-14-10-16(33-2)22(35-4)17(11-14)34-3/h10-12H,5-9,13H2,1-4H3,(H,27,29)/b19-12+. The van der Waals surface area contributed by atoms with Crippen molar-refractivity contribution in [2.75, 3.05) is 39.8 Å². The molecule has 1 saturated heterocycles. The molecular weight excluding hydrogens is 532 g/mol. The number of carbonyl (C=O) groups is 4. The fourth-order valence-corrected chi connectivity index (χ4v) is 6.49. The lowest BCUT2D eigenvalue weighted by atomic mass is 9.95. The number of methoxy groups -OCH3 is 3. The zero-order valence-corrected chi connectivity index (χ0v) is 23.1. The Labute approximate surface area is 228 Å². The number of aryl methyl sites for hydroxylation is 1. The van der Waals surface area contributed by atoms with Gasteiger partial charge in [-0.3, -0.25) is 19.3 Å². The van der Waals surface area contributed by atoms with Gasteiger partial charge in [0.25, 0.3) is 11.1 Å². The molecule has 0 spiro atoms. The number of carbonyl (C=O) groups excluding carboxylic acids is 4. The van der Waals surface area contributed by atoms with Crippen LogP contribution in [0.2, 0.25) is 0 Å². The van der Waals surface area contributed by atoms with Crippen molar-refractivity contribution < 1.29 is 38.1 Å². The number of nitrogens with one attached hydrogen (secondary N) is 1. The third-order valence-electron chi connectivity index (χ3n) is 6.06. The third kappa shape index (κ3) is 5.51. The molecule has 0 atom stereocenters. The number of thioether (sulfide) groups is 1. The molecule has 1 aromatic heterocycles. The molecule has 2 heterocycles. The summed E-state index contributed by atoms with van der Waals surface area (Å²) < 4.78 is 21.2. The Kier molecular flexibility index (Phi) is 8.62. The zero-order chi connectivity index (χ0) is 27.4. The fraction of sp³-hybridized carbons (Fsp3) is 0.385. The molecule has 1 N–H and O–H groups in total. The molecule has 1 aliphatic carbocycles. The second-order valence-electron chi connectivity index (χ2n) is 8.41. The average molecular weight is 561 g/mol. The number of fused-ring (bicyclic) bond motifs is 1. The molecule has 202 valence electrons. The predicted molar refractivity (Wildman–Crippen MR) is 144 cm³/mol. The van der Waals surface area contributed by atoms with Gasteiger partial charge >= 0.3 is 5.97 Å². The number of rotatable bonds is 9. The van der Waals surface area contributed by atoms with Crippen LogP contribution in [0.15, 0.2) is 17.0 Å². The minimum Gasteiger partial charge on any atom is -0.493 e. The molecule has 10 nitrogen and oxygen atoms in total. The molecule has 0 saturated carbocycles. The summed E-state index contributed by atoms with van der Waals surface area (Å²) in [7, 11) is 4.44. The van der Waals surface area contributed by atoms with E-state index >= 15 is 0 Å².